The first kappa shape index (κ1) is 17.9. The van der Waals surface area contributed by atoms with Crippen LogP contribution in [0.3, 0.4) is 0 Å². The van der Waals surface area contributed by atoms with Gasteiger partial charge in [0, 0.05) is 31.4 Å². The molecular formula is C16H14FN3O5. The molecule has 2 aromatic carbocycles. The van der Waals surface area contributed by atoms with E-state index in [9.17, 15) is 24.1 Å². The highest BCUT2D eigenvalue weighted by atomic mass is 19.1. The number of aromatic carboxylic acids is 1. The lowest BCUT2D eigenvalue weighted by Crippen LogP contribution is -2.15. The average Bonchev–Trinajstić information content (AvgIpc) is 2.53. The second-order valence-corrected chi connectivity index (χ2v) is 5.31. The summed E-state index contributed by atoms with van der Waals surface area (Å²) < 4.78 is 13.6. The van der Waals surface area contributed by atoms with Gasteiger partial charge >= 0.3 is 5.97 Å². The first-order chi connectivity index (χ1) is 11.7. The highest BCUT2D eigenvalue weighted by molar-refractivity contribution is 6.05. The summed E-state index contributed by atoms with van der Waals surface area (Å²) in [5, 5.41) is 22.3. The summed E-state index contributed by atoms with van der Waals surface area (Å²) in [7, 11) is 3.27. The fraction of sp³-hybridized carbons (Fsp3) is 0.125. The van der Waals surface area contributed by atoms with Gasteiger partial charge in [0.25, 0.3) is 11.6 Å². The molecule has 0 atom stereocenters. The Hall–Kier alpha value is -3.49. The molecule has 0 saturated heterocycles. The van der Waals surface area contributed by atoms with E-state index in [1.54, 1.807) is 19.0 Å². The summed E-state index contributed by atoms with van der Waals surface area (Å²) in [5.74, 6) is -3.11. The molecule has 0 spiro atoms. The van der Waals surface area contributed by atoms with Gasteiger partial charge in [-0.15, -0.1) is 0 Å². The number of carboxylic acid groups (broad SMARTS) is 1. The van der Waals surface area contributed by atoms with Crippen molar-refractivity contribution in [3.05, 3.63) is 63.5 Å². The normalized spacial score (nSPS) is 10.2. The fourth-order valence-electron chi connectivity index (χ4n) is 2.16. The number of nitrogens with one attached hydrogen (secondary N) is 1. The highest BCUT2D eigenvalue weighted by Crippen LogP contribution is 2.28. The molecule has 2 rings (SSSR count). The number of halogens is 1. The van der Waals surface area contributed by atoms with Gasteiger partial charge in [-0.05, 0) is 30.3 Å². The van der Waals surface area contributed by atoms with E-state index in [1.165, 1.54) is 18.2 Å². The number of carbonyl (C=O) groups is 2. The number of nitro groups is 1. The van der Waals surface area contributed by atoms with Crippen LogP contribution in [0.1, 0.15) is 20.7 Å². The van der Waals surface area contributed by atoms with Crippen LogP contribution in [0.5, 0.6) is 0 Å². The van der Waals surface area contributed by atoms with Crippen LogP contribution in [0.4, 0.5) is 21.5 Å². The third-order valence-electron chi connectivity index (χ3n) is 3.37. The maximum absolute atomic E-state index is 13.6. The Morgan fingerprint density at radius 3 is 2.40 bits per heavy atom. The minimum absolute atomic E-state index is 0.0139. The van der Waals surface area contributed by atoms with Gasteiger partial charge < -0.3 is 15.3 Å². The molecule has 1 amide bonds. The van der Waals surface area contributed by atoms with E-state index in [4.69, 9.17) is 5.11 Å². The van der Waals surface area contributed by atoms with Crippen LogP contribution >= 0.6 is 0 Å². The Morgan fingerprint density at radius 2 is 1.88 bits per heavy atom. The molecule has 0 unspecified atom stereocenters. The lowest BCUT2D eigenvalue weighted by molar-refractivity contribution is -0.384. The van der Waals surface area contributed by atoms with Crippen LogP contribution < -0.4 is 10.2 Å². The number of carboxylic acids is 1. The van der Waals surface area contributed by atoms with Gasteiger partial charge in [-0.25, -0.2) is 9.18 Å². The van der Waals surface area contributed by atoms with Crippen molar-refractivity contribution in [2.24, 2.45) is 0 Å². The molecule has 0 saturated carbocycles. The van der Waals surface area contributed by atoms with Crippen molar-refractivity contribution in [1.29, 1.82) is 0 Å². The first-order valence-electron chi connectivity index (χ1n) is 7.00. The summed E-state index contributed by atoms with van der Waals surface area (Å²) in [5.41, 5.74) is -0.390. The minimum atomic E-state index is -1.43. The fourth-order valence-corrected chi connectivity index (χ4v) is 2.16. The van der Waals surface area contributed by atoms with Gasteiger partial charge in [-0.3, -0.25) is 14.9 Å². The topological polar surface area (TPSA) is 113 Å². The Bertz CT molecular complexity index is 867. The van der Waals surface area contributed by atoms with Crippen molar-refractivity contribution < 1.29 is 24.0 Å². The van der Waals surface area contributed by atoms with Crippen molar-refractivity contribution in [1.82, 2.24) is 0 Å². The van der Waals surface area contributed by atoms with Gasteiger partial charge in [0.2, 0.25) is 0 Å². The van der Waals surface area contributed by atoms with Gasteiger partial charge in [0.05, 0.1) is 10.5 Å². The summed E-state index contributed by atoms with van der Waals surface area (Å²) in [6.45, 7) is 0. The van der Waals surface area contributed by atoms with Crippen LogP contribution in [0.2, 0.25) is 0 Å². The number of nitro benzene ring substituents is 1. The zero-order valence-corrected chi connectivity index (χ0v) is 13.3. The Morgan fingerprint density at radius 1 is 1.20 bits per heavy atom. The molecule has 0 radical (unpaired) electrons. The van der Waals surface area contributed by atoms with Crippen LogP contribution in [-0.4, -0.2) is 36.0 Å². The summed E-state index contributed by atoms with van der Waals surface area (Å²) >= 11 is 0. The van der Waals surface area contributed by atoms with Gasteiger partial charge in [-0.2, -0.15) is 0 Å². The number of nitrogens with zero attached hydrogens (tertiary/aromatic N) is 2. The predicted octanol–water partition coefficient (Wildman–Crippen LogP) is 2.75. The van der Waals surface area contributed by atoms with Gasteiger partial charge in [-0.1, -0.05) is 0 Å². The number of hydrogen-bond donors (Lipinski definition) is 2. The molecule has 130 valence electrons. The maximum Gasteiger partial charge on any atom is 0.338 e. The van der Waals surface area contributed by atoms with Crippen LogP contribution in [0.25, 0.3) is 0 Å². The van der Waals surface area contributed by atoms with E-state index in [0.29, 0.717) is 5.69 Å². The Balaban J connectivity index is 2.29. The zero-order chi connectivity index (χ0) is 18.7. The number of hydrogen-bond acceptors (Lipinski definition) is 5. The maximum atomic E-state index is 13.6. The lowest BCUT2D eigenvalue weighted by atomic mass is 10.1. The largest absolute Gasteiger partial charge is 0.478 e. The van der Waals surface area contributed by atoms with Crippen LogP contribution in [0.15, 0.2) is 36.4 Å². The quantitative estimate of drug-likeness (QED) is 0.635. The summed E-state index contributed by atoms with van der Waals surface area (Å²) in [6.07, 6.45) is 0. The second-order valence-electron chi connectivity index (χ2n) is 5.31. The zero-order valence-electron chi connectivity index (χ0n) is 13.3. The molecular weight excluding hydrogens is 333 g/mol. The molecule has 0 aliphatic carbocycles. The van der Waals surface area contributed by atoms with Crippen LogP contribution in [0, 0.1) is 15.9 Å². The molecule has 0 fully saturated rings. The van der Waals surface area contributed by atoms with Crippen molar-refractivity contribution >= 4 is 28.9 Å². The molecule has 0 aliphatic heterocycles. The highest BCUT2D eigenvalue weighted by Gasteiger charge is 2.19. The monoisotopic (exact) mass is 347 g/mol. The number of anilines is 2. The van der Waals surface area contributed by atoms with E-state index in [2.05, 4.69) is 5.32 Å². The summed E-state index contributed by atoms with van der Waals surface area (Å²) in [4.78, 5) is 35.1. The van der Waals surface area contributed by atoms with E-state index < -0.39 is 28.2 Å². The molecule has 2 N–H and O–H groups in total. The molecule has 0 bridgehead atoms. The van der Waals surface area contributed by atoms with Crippen molar-refractivity contribution in [2.45, 2.75) is 0 Å². The lowest BCUT2D eigenvalue weighted by Gasteiger charge is -2.13. The molecule has 25 heavy (non-hydrogen) atoms. The van der Waals surface area contributed by atoms with E-state index in [-0.39, 0.29) is 16.9 Å². The molecule has 8 nitrogen and oxygen atoms in total. The standard InChI is InChI=1S/C16H14FN3O5/c1-19(2)13-6-3-9(7-14(13)20(24)25)15(21)18-10-4-5-11(16(22)23)12(17)8-10/h3-8H,1-2H3,(H,18,21)(H,22,23). The third kappa shape index (κ3) is 3.89. The Kier molecular flexibility index (Phi) is 4.97. The van der Waals surface area contributed by atoms with Crippen molar-refractivity contribution in [2.75, 3.05) is 24.3 Å². The van der Waals surface area contributed by atoms with Crippen molar-refractivity contribution in [3.8, 4) is 0 Å². The van der Waals surface area contributed by atoms with Crippen molar-refractivity contribution in [3.63, 3.8) is 0 Å². The number of benzene rings is 2. The number of carbonyl (C=O) groups excluding carboxylic acids is 1. The smallest absolute Gasteiger partial charge is 0.338 e. The van der Waals surface area contributed by atoms with E-state index in [1.807, 2.05) is 0 Å². The first-order valence-corrected chi connectivity index (χ1v) is 7.00. The van der Waals surface area contributed by atoms with Gasteiger partial charge in [0.15, 0.2) is 0 Å². The average molecular weight is 347 g/mol. The van der Waals surface area contributed by atoms with E-state index in [0.717, 1.165) is 18.2 Å². The molecule has 0 aliphatic rings. The summed E-state index contributed by atoms with van der Waals surface area (Å²) in [6, 6.07) is 7.06. The van der Waals surface area contributed by atoms with Gasteiger partial charge in [0.1, 0.15) is 11.5 Å². The minimum Gasteiger partial charge on any atom is -0.478 e. The second kappa shape index (κ2) is 6.95. The molecule has 2 aromatic rings. The molecule has 0 heterocycles. The van der Waals surface area contributed by atoms with E-state index >= 15 is 0 Å². The number of rotatable bonds is 5. The molecule has 9 heteroatoms. The SMILES string of the molecule is CN(C)c1ccc(C(=O)Nc2ccc(C(=O)O)c(F)c2)cc1[N+](=O)[O-]. The predicted molar refractivity (Wildman–Crippen MR) is 88.7 cm³/mol. The Labute approximate surface area is 141 Å². The molecule has 0 aromatic heterocycles. The third-order valence-corrected chi connectivity index (χ3v) is 3.37. The number of amides is 1. The van der Waals surface area contributed by atoms with Crippen LogP contribution in [-0.2, 0) is 0 Å².